The van der Waals surface area contributed by atoms with Crippen molar-refractivity contribution in [1.82, 2.24) is 0 Å². The lowest BCUT2D eigenvalue weighted by atomic mass is 10.2. The average Bonchev–Trinajstić information content (AvgIpc) is 2.79. The van der Waals surface area contributed by atoms with Gasteiger partial charge in [0.1, 0.15) is 5.75 Å². The Bertz CT molecular complexity index is 1210. The van der Waals surface area contributed by atoms with Gasteiger partial charge in [-0.05, 0) is 55.5 Å². The molecule has 8 nitrogen and oxygen atoms in total. The maximum atomic E-state index is 12.5. The van der Waals surface area contributed by atoms with Crippen LogP contribution in [0.5, 0.6) is 5.75 Å². The molecular formula is C23H22N2O6S. The van der Waals surface area contributed by atoms with Crippen molar-refractivity contribution < 1.29 is 27.5 Å². The van der Waals surface area contributed by atoms with Crippen molar-refractivity contribution in [2.24, 2.45) is 0 Å². The minimum atomic E-state index is -3.81. The van der Waals surface area contributed by atoms with Crippen LogP contribution < -0.4 is 14.8 Å². The van der Waals surface area contributed by atoms with Crippen molar-refractivity contribution in [1.29, 1.82) is 0 Å². The molecule has 0 unspecified atom stereocenters. The summed E-state index contributed by atoms with van der Waals surface area (Å²) in [5, 5.41) is 2.60. The maximum Gasteiger partial charge on any atom is 0.338 e. The van der Waals surface area contributed by atoms with Gasteiger partial charge >= 0.3 is 5.97 Å². The standard InChI is InChI=1S/C23H22N2O6S/c1-16-7-11-18(12-8-16)25-32(28,29)19-13-9-17(10-14-19)23(27)31-15-22(26)24-20-5-3-4-6-21(20)30-2/h3-14,25H,15H2,1-2H3,(H,24,26). The van der Waals surface area contributed by atoms with E-state index in [0.717, 1.165) is 5.56 Å². The Morgan fingerprint density at radius 2 is 1.56 bits per heavy atom. The van der Waals surface area contributed by atoms with E-state index in [1.54, 1.807) is 48.5 Å². The first kappa shape index (κ1) is 22.8. The van der Waals surface area contributed by atoms with E-state index in [4.69, 9.17) is 9.47 Å². The number of benzene rings is 3. The highest BCUT2D eigenvalue weighted by molar-refractivity contribution is 7.92. The van der Waals surface area contributed by atoms with Crippen molar-refractivity contribution >= 4 is 33.3 Å². The highest BCUT2D eigenvalue weighted by Crippen LogP contribution is 2.23. The van der Waals surface area contributed by atoms with Crippen LogP contribution in [0, 0.1) is 6.92 Å². The van der Waals surface area contributed by atoms with E-state index in [0.29, 0.717) is 17.1 Å². The molecule has 0 fully saturated rings. The fraction of sp³-hybridized carbons (Fsp3) is 0.130. The van der Waals surface area contributed by atoms with Gasteiger partial charge < -0.3 is 14.8 Å². The molecule has 0 spiro atoms. The Balaban J connectivity index is 1.58. The molecule has 0 saturated heterocycles. The van der Waals surface area contributed by atoms with Gasteiger partial charge in [0.2, 0.25) is 0 Å². The second kappa shape index (κ2) is 9.97. The molecule has 2 N–H and O–H groups in total. The van der Waals surface area contributed by atoms with Crippen molar-refractivity contribution in [3.8, 4) is 5.75 Å². The van der Waals surface area contributed by atoms with Crippen LogP contribution in [0.2, 0.25) is 0 Å². The second-order valence-corrected chi connectivity index (χ2v) is 8.50. The number of rotatable bonds is 8. The summed E-state index contributed by atoms with van der Waals surface area (Å²) in [7, 11) is -2.34. The number of ether oxygens (including phenoxy) is 2. The summed E-state index contributed by atoms with van der Waals surface area (Å²) in [5.41, 5.74) is 2.00. The van der Waals surface area contributed by atoms with E-state index in [2.05, 4.69) is 10.0 Å². The number of esters is 1. The number of amides is 1. The molecule has 166 valence electrons. The summed E-state index contributed by atoms with van der Waals surface area (Å²) in [6, 6.07) is 19.0. The van der Waals surface area contributed by atoms with E-state index in [9.17, 15) is 18.0 Å². The minimum Gasteiger partial charge on any atom is -0.495 e. The lowest BCUT2D eigenvalue weighted by Gasteiger charge is -2.10. The number of carbonyl (C=O) groups is 2. The van der Waals surface area contributed by atoms with Gasteiger partial charge in [-0.2, -0.15) is 0 Å². The summed E-state index contributed by atoms with van der Waals surface area (Å²) in [6.07, 6.45) is 0. The number of nitrogens with one attached hydrogen (secondary N) is 2. The molecule has 1 amide bonds. The summed E-state index contributed by atoms with van der Waals surface area (Å²) in [6.45, 7) is 1.39. The van der Waals surface area contributed by atoms with Crippen molar-refractivity contribution in [3.63, 3.8) is 0 Å². The van der Waals surface area contributed by atoms with Gasteiger partial charge in [0.15, 0.2) is 6.61 Å². The summed E-state index contributed by atoms with van der Waals surface area (Å²) < 4.78 is 37.7. The zero-order valence-corrected chi connectivity index (χ0v) is 18.3. The topological polar surface area (TPSA) is 111 Å². The number of hydrogen-bond acceptors (Lipinski definition) is 6. The lowest BCUT2D eigenvalue weighted by molar-refractivity contribution is -0.119. The summed E-state index contributed by atoms with van der Waals surface area (Å²) in [4.78, 5) is 24.3. The molecule has 0 atom stereocenters. The predicted molar refractivity (Wildman–Crippen MR) is 120 cm³/mol. The van der Waals surface area contributed by atoms with Crippen LogP contribution in [-0.4, -0.2) is 34.0 Å². The van der Waals surface area contributed by atoms with Gasteiger partial charge in [0, 0.05) is 5.69 Å². The zero-order chi connectivity index (χ0) is 23.1. The maximum absolute atomic E-state index is 12.5. The SMILES string of the molecule is COc1ccccc1NC(=O)COC(=O)c1ccc(S(=O)(=O)Nc2ccc(C)cc2)cc1. The number of sulfonamides is 1. The van der Waals surface area contributed by atoms with E-state index < -0.39 is 28.5 Å². The van der Waals surface area contributed by atoms with Crippen LogP contribution in [0.25, 0.3) is 0 Å². The van der Waals surface area contributed by atoms with Gasteiger partial charge in [-0.1, -0.05) is 29.8 Å². The number of hydrogen-bond donors (Lipinski definition) is 2. The van der Waals surface area contributed by atoms with Gasteiger partial charge in [0.25, 0.3) is 15.9 Å². The number of aryl methyl sites for hydroxylation is 1. The first-order valence-corrected chi connectivity index (χ1v) is 11.1. The average molecular weight is 455 g/mol. The Labute approximate surface area is 186 Å². The predicted octanol–water partition coefficient (Wildman–Crippen LogP) is 3.60. The summed E-state index contributed by atoms with van der Waals surface area (Å²) >= 11 is 0. The van der Waals surface area contributed by atoms with Crippen LogP contribution >= 0.6 is 0 Å². The Morgan fingerprint density at radius 3 is 2.22 bits per heavy atom. The highest BCUT2D eigenvalue weighted by Gasteiger charge is 2.16. The fourth-order valence-corrected chi connectivity index (χ4v) is 3.81. The van der Waals surface area contributed by atoms with Crippen LogP contribution in [0.1, 0.15) is 15.9 Å². The Hall–Kier alpha value is -3.85. The fourth-order valence-electron chi connectivity index (χ4n) is 2.75. The molecule has 3 aromatic rings. The van der Waals surface area contributed by atoms with E-state index in [1.807, 2.05) is 6.92 Å². The molecule has 3 rings (SSSR count). The monoisotopic (exact) mass is 454 g/mol. The van der Waals surface area contributed by atoms with Crippen LogP contribution in [0.15, 0.2) is 77.7 Å². The molecule has 32 heavy (non-hydrogen) atoms. The molecule has 0 aliphatic heterocycles. The molecule has 0 aromatic heterocycles. The zero-order valence-electron chi connectivity index (χ0n) is 17.5. The van der Waals surface area contributed by atoms with E-state index >= 15 is 0 Å². The van der Waals surface area contributed by atoms with Crippen LogP contribution in [0.4, 0.5) is 11.4 Å². The molecule has 0 radical (unpaired) electrons. The minimum absolute atomic E-state index is 0.0106. The molecule has 0 heterocycles. The Kier molecular flexibility index (Phi) is 7.11. The van der Waals surface area contributed by atoms with E-state index in [-0.39, 0.29) is 10.5 Å². The third kappa shape index (κ3) is 5.86. The molecular weight excluding hydrogens is 432 g/mol. The summed E-state index contributed by atoms with van der Waals surface area (Å²) in [5.74, 6) is -0.816. The van der Waals surface area contributed by atoms with Crippen LogP contribution in [0.3, 0.4) is 0 Å². The lowest BCUT2D eigenvalue weighted by Crippen LogP contribution is -2.21. The van der Waals surface area contributed by atoms with Crippen LogP contribution in [-0.2, 0) is 19.6 Å². The van der Waals surface area contributed by atoms with Crippen molar-refractivity contribution in [2.75, 3.05) is 23.8 Å². The van der Waals surface area contributed by atoms with E-state index in [1.165, 1.54) is 31.4 Å². The second-order valence-electron chi connectivity index (χ2n) is 6.82. The molecule has 0 bridgehead atoms. The third-order valence-electron chi connectivity index (χ3n) is 4.42. The number of carbonyl (C=O) groups excluding carboxylic acids is 2. The largest absolute Gasteiger partial charge is 0.495 e. The number of methoxy groups -OCH3 is 1. The van der Waals surface area contributed by atoms with Crippen molar-refractivity contribution in [2.45, 2.75) is 11.8 Å². The molecule has 3 aromatic carbocycles. The van der Waals surface area contributed by atoms with Gasteiger partial charge in [0.05, 0.1) is 23.3 Å². The normalized spacial score (nSPS) is 10.8. The number of anilines is 2. The van der Waals surface area contributed by atoms with Gasteiger partial charge in [-0.3, -0.25) is 9.52 Å². The molecule has 0 aliphatic carbocycles. The Morgan fingerprint density at radius 1 is 0.906 bits per heavy atom. The quantitative estimate of drug-likeness (QED) is 0.503. The van der Waals surface area contributed by atoms with Gasteiger partial charge in [-0.15, -0.1) is 0 Å². The molecule has 0 aliphatic rings. The third-order valence-corrected chi connectivity index (χ3v) is 5.82. The first-order chi connectivity index (χ1) is 15.3. The number of para-hydroxylation sites is 2. The highest BCUT2D eigenvalue weighted by atomic mass is 32.2. The molecule has 9 heteroatoms. The van der Waals surface area contributed by atoms with Crippen molar-refractivity contribution in [3.05, 3.63) is 83.9 Å². The first-order valence-electron chi connectivity index (χ1n) is 9.58. The van der Waals surface area contributed by atoms with Gasteiger partial charge in [-0.25, -0.2) is 13.2 Å². The smallest absolute Gasteiger partial charge is 0.338 e. The molecule has 0 saturated carbocycles.